The van der Waals surface area contributed by atoms with E-state index in [9.17, 15) is 5.11 Å². The molecule has 1 atom stereocenters. The molecule has 0 amide bonds. The molecule has 3 N–H and O–H groups in total. The zero-order valence-corrected chi connectivity index (χ0v) is 13.1. The van der Waals surface area contributed by atoms with Crippen molar-refractivity contribution in [1.29, 1.82) is 0 Å². The lowest BCUT2D eigenvalue weighted by Crippen LogP contribution is -2.40. The lowest BCUT2D eigenvalue weighted by molar-refractivity contribution is 0.148. The molecule has 2 aromatic carbocycles. The Kier molecular flexibility index (Phi) is 3.59. The van der Waals surface area contributed by atoms with Crippen molar-refractivity contribution in [3.8, 4) is 5.75 Å². The number of aliphatic hydroxyl groups is 1. The largest absolute Gasteiger partial charge is 0.491 e. The monoisotopic (exact) mass is 316 g/mol. The molecule has 22 heavy (non-hydrogen) atoms. The smallest absolute Gasteiger partial charge is 0.178 e. The number of ether oxygens (including phenoxy) is 1. The Morgan fingerprint density at radius 1 is 1.18 bits per heavy atom. The van der Waals surface area contributed by atoms with Crippen LogP contribution >= 0.6 is 11.6 Å². The molecule has 1 heterocycles. The van der Waals surface area contributed by atoms with Crippen LogP contribution in [0.1, 0.15) is 25.0 Å². The fraction of sp³-hybridized carbons (Fsp3) is 0.235. The molecule has 1 aliphatic rings. The topological polar surface area (TPSA) is 67.8 Å². The summed E-state index contributed by atoms with van der Waals surface area (Å²) in [5, 5.41) is 11.8. The molecule has 3 rings (SSSR count). The van der Waals surface area contributed by atoms with E-state index in [-0.39, 0.29) is 11.9 Å². The number of nitrogens with two attached hydrogens (primary N) is 1. The second-order valence-electron chi connectivity index (χ2n) is 5.53. The highest BCUT2D eigenvalue weighted by Gasteiger charge is 2.44. The summed E-state index contributed by atoms with van der Waals surface area (Å²) in [4.78, 5) is 4.27. The second-order valence-corrected chi connectivity index (χ2v) is 5.97. The zero-order valence-electron chi connectivity index (χ0n) is 12.4. The molecule has 2 aromatic rings. The molecular weight excluding hydrogens is 300 g/mol. The highest BCUT2D eigenvalue weighted by atomic mass is 35.5. The molecular formula is C17H17ClN2O2. The number of halogens is 1. The van der Waals surface area contributed by atoms with Crippen molar-refractivity contribution >= 4 is 23.1 Å². The van der Waals surface area contributed by atoms with Crippen molar-refractivity contribution in [3.63, 3.8) is 0 Å². The number of aliphatic imine (C=N–C) groups is 1. The Morgan fingerprint density at radius 3 is 2.64 bits per heavy atom. The van der Waals surface area contributed by atoms with Crippen molar-refractivity contribution < 1.29 is 9.84 Å². The van der Waals surface area contributed by atoms with E-state index in [0.29, 0.717) is 27.6 Å². The van der Waals surface area contributed by atoms with Gasteiger partial charge in [-0.05, 0) is 38.1 Å². The van der Waals surface area contributed by atoms with E-state index in [0.717, 1.165) is 0 Å². The number of benzene rings is 2. The van der Waals surface area contributed by atoms with Gasteiger partial charge >= 0.3 is 0 Å². The molecule has 0 spiro atoms. The normalized spacial score (nSPS) is 20.0. The third kappa shape index (κ3) is 2.25. The van der Waals surface area contributed by atoms with Crippen LogP contribution in [0.25, 0.3) is 0 Å². The van der Waals surface area contributed by atoms with E-state index in [2.05, 4.69) is 4.99 Å². The summed E-state index contributed by atoms with van der Waals surface area (Å²) in [5.74, 6) is 0.690. The van der Waals surface area contributed by atoms with E-state index < -0.39 is 5.60 Å². The van der Waals surface area contributed by atoms with E-state index in [1.165, 1.54) is 0 Å². The average Bonchev–Trinajstić information content (AvgIpc) is 2.72. The molecule has 1 aliphatic heterocycles. The maximum Gasteiger partial charge on any atom is 0.178 e. The molecule has 0 saturated heterocycles. The van der Waals surface area contributed by atoms with Crippen LogP contribution < -0.4 is 10.5 Å². The first-order chi connectivity index (χ1) is 10.4. The quantitative estimate of drug-likeness (QED) is 0.912. The molecule has 0 saturated carbocycles. The van der Waals surface area contributed by atoms with Gasteiger partial charge in [-0.15, -0.1) is 0 Å². The van der Waals surface area contributed by atoms with Gasteiger partial charge < -0.3 is 15.6 Å². The predicted molar refractivity (Wildman–Crippen MR) is 87.9 cm³/mol. The van der Waals surface area contributed by atoms with Crippen LogP contribution in [0.4, 0.5) is 5.69 Å². The number of hydrogen-bond acceptors (Lipinski definition) is 4. The summed E-state index contributed by atoms with van der Waals surface area (Å²) in [7, 11) is 0. The van der Waals surface area contributed by atoms with Gasteiger partial charge in [0.1, 0.15) is 11.6 Å². The average molecular weight is 317 g/mol. The lowest BCUT2D eigenvalue weighted by Gasteiger charge is -2.27. The van der Waals surface area contributed by atoms with Crippen molar-refractivity contribution in [1.82, 2.24) is 0 Å². The van der Waals surface area contributed by atoms with Crippen LogP contribution in [-0.2, 0) is 5.60 Å². The third-order valence-corrected chi connectivity index (χ3v) is 3.83. The minimum Gasteiger partial charge on any atom is -0.491 e. The highest BCUT2D eigenvalue weighted by molar-refractivity contribution is 6.30. The highest BCUT2D eigenvalue weighted by Crippen LogP contribution is 2.45. The fourth-order valence-corrected chi connectivity index (χ4v) is 2.82. The number of nitrogens with zero attached hydrogens (tertiary/aromatic N) is 1. The van der Waals surface area contributed by atoms with Gasteiger partial charge in [0, 0.05) is 16.1 Å². The van der Waals surface area contributed by atoms with Crippen molar-refractivity contribution in [2.75, 3.05) is 0 Å². The van der Waals surface area contributed by atoms with Gasteiger partial charge in [-0.3, -0.25) is 0 Å². The summed E-state index contributed by atoms with van der Waals surface area (Å²) in [6.45, 7) is 3.86. The van der Waals surface area contributed by atoms with Gasteiger partial charge in [0.25, 0.3) is 0 Å². The molecule has 0 aromatic heterocycles. The standard InChI is InChI=1S/C17H17ClN2O2/c1-10(2)22-15-6-4-3-5-12(15)17(21)13-9-11(18)7-8-14(13)20-16(17)19/h3-10,21H,1-2H3,(H2,19,20). The van der Waals surface area contributed by atoms with Crippen LogP contribution in [0, 0.1) is 0 Å². The van der Waals surface area contributed by atoms with Gasteiger partial charge in [-0.25, -0.2) is 4.99 Å². The first-order valence-electron chi connectivity index (χ1n) is 7.06. The Balaban J connectivity index is 2.20. The number of rotatable bonds is 3. The Hall–Kier alpha value is -2.04. The van der Waals surface area contributed by atoms with Crippen LogP contribution in [-0.4, -0.2) is 17.0 Å². The maximum atomic E-state index is 11.3. The molecule has 1 unspecified atom stereocenters. The van der Waals surface area contributed by atoms with Crippen molar-refractivity contribution in [2.45, 2.75) is 25.6 Å². The summed E-state index contributed by atoms with van der Waals surface area (Å²) in [6.07, 6.45) is -0.0249. The Bertz CT molecular complexity index is 758. The first kappa shape index (κ1) is 14.9. The van der Waals surface area contributed by atoms with E-state index in [4.69, 9.17) is 22.1 Å². The maximum absolute atomic E-state index is 11.3. The summed E-state index contributed by atoms with van der Waals surface area (Å²) in [5.41, 5.74) is 6.25. The van der Waals surface area contributed by atoms with Crippen LogP contribution in [0.3, 0.4) is 0 Å². The first-order valence-corrected chi connectivity index (χ1v) is 7.44. The molecule has 0 bridgehead atoms. The minimum atomic E-state index is -1.54. The van der Waals surface area contributed by atoms with Gasteiger partial charge in [0.05, 0.1) is 11.8 Å². The molecule has 4 nitrogen and oxygen atoms in total. The molecule has 0 aliphatic carbocycles. The lowest BCUT2D eigenvalue weighted by atomic mass is 9.86. The minimum absolute atomic E-state index is 0.0249. The summed E-state index contributed by atoms with van der Waals surface area (Å²) < 4.78 is 5.81. The Labute approximate surface area is 134 Å². The molecule has 0 radical (unpaired) electrons. The number of hydrogen-bond donors (Lipinski definition) is 2. The SMILES string of the molecule is CC(C)Oc1ccccc1C1(O)C(N)=Nc2ccc(Cl)cc21. The van der Waals surface area contributed by atoms with Gasteiger partial charge in [0.15, 0.2) is 5.60 Å². The predicted octanol–water partition coefficient (Wildman–Crippen LogP) is 3.37. The van der Waals surface area contributed by atoms with Gasteiger partial charge in [0.2, 0.25) is 0 Å². The van der Waals surface area contributed by atoms with E-state index >= 15 is 0 Å². The number of fused-ring (bicyclic) bond motifs is 1. The number of amidine groups is 1. The second kappa shape index (κ2) is 5.30. The number of para-hydroxylation sites is 1. The summed E-state index contributed by atoms with van der Waals surface area (Å²) in [6, 6.07) is 12.4. The Morgan fingerprint density at radius 2 is 1.91 bits per heavy atom. The molecule has 114 valence electrons. The third-order valence-electron chi connectivity index (χ3n) is 3.60. The van der Waals surface area contributed by atoms with Crippen molar-refractivity contribution in [2.24, 2.45) is 10.7 Å². The fourth-order valence-electron chi connectivity index (χ4n) is 2.65. The zero-order chi connectivity index (χ0) is 15.9. The van der Waals surface area contributed by atoms with E-state index in [1.807, 2.05) is 32.0 Å². The summed E-state index contributed by atoms with van der Waals surface area (Å²) >= 11 is 6.08. The van der Waals surface area contributed by atoms with Gasteiger partial charge in [-0.1, -0.05) is 29.8 Å². The van der Waals surface area contributed by atoms with Crippen LogP contribution in [0.2, 0.25) is 5.02 Å². The molecule has 0 fully saturated rings. The van der Waals surface area contributed by atoms with Crippen molar-refractivity contribution in [3.05, 3.63) is 58.6 Å². The van der Waals surface area contributed by atoms with E-state index in [1.54, 1.807) is 24.3 Å². The van der Waals surface area contributed by atoms with Gasteiger partial charge in [-0.2, -0.15) is 0 Å². The molecule has 5 heteroatoms. The van der Waals surface area contributed by atoms with Crippen LogP contribution in [0.5, 0.6) is 5.75 Å². The van der Waals surface area contributed by atoms with Crippen LogP contribution in [0.15, 0.2) is 47.5 Å².